The Morgan fingerprint density at radius 3 is 2.74 bits per heavy atom. The number of rotatable bonds is 5. The van der Waals surface area contributed by atoms with Crippen molar-refractivity contribution in [2.45, 2.75) is 18.2 Å². The van der Waals surface area contributed by atoms with Crippen LogP contribution in [0.15, 0.2) is 27.8 Å². The molecule has 148 valence electrons. The van der Waals surface area contributed by atoms with Crippen LogP contribution in [-0.2, 0) is 12.8 Å². The van der Waals surface area contributed by atoms with E-state index in [1.165, 1.54) is 28.0 Å². The smallest absolute Gasteiger partial charge is 0.203 e. The number of hydrogen-bond donors (Lipinski definition) is 3. The minimum atomic E-state index is -0.577. The highest BCUT2D eigenvalue weighted by Crippen LogP contribution is 2.66. The number of fused-ring (bicyclic) bond motifs is 1. The van der Waals surface area contributed by atoms with Crippen LogP contribution in [0.5, 0.6) is 0 Å². The standard InChI is InChI=1S/C9H17N5O2S2.C8H7F/c1-10-8(12-15)7-9(14-16-13-7)11-6-4-18(6,3)5-17-2;9-8-4-3-6-1-2-7(6)5-8/h6,15H,4-5H2,1-3H3,(H,10,12)(H,11,14);3-5H,1-2H2. The highest BCUT2D eigenvalue weighted by molar-refractivity contribution is 8.44. The second-order valence-electron chi connectivity index (χ2n) is 6.62. The van der Waals surface area contributed by atoms with E-state index in [1.807, 2.05) is 23.3 Å². The largest absolute Gasteiger partial charge is 0.354 e. The zero-order valence-electron chi connectivity index (χ0n) is 15.5. The molecule has 1 aromatic heterocycles. The van der Waals surface area contributed by atoms with Gasteiger partial charge in [-0.1, -0.05) is 6.07 Å². The molecule has 3 N–H and O–H groups in total. The van der Waals surface area contributed by atoms with Crippen molar-refractivity contribution in [3.63, 3.8) is 0 Å². The predicted octanol–water partition coefficient (Wildman–Crippen LogP) is 2.86. The first-order valence-corrected chi connectivity index (χ1v) is 12.3. The van der Waals surface area contributed by atoms with Gasteiger partial charge in [0.15, 0.2) is 11.5 Å². The van der Waals surface area contributed by atoms with Gasteiger partial charge in [0, 0.05) is 17.9 Å². The van der Waals surface area contributed by atoms with Crippen LogP contribution in [-0.4, -0.2) is 57.1 Å². The first kappa shape index (κ1) is 20.0. The van der Waals surface area contributed by atoms with Crippen molar-refractivity contribution >= 4 is 33.4 Å². The number of aliphatic imine (C=N–C) groups is 1. The molecule has 2 atom stereocenters. The first-order valence-electron chi connectivity index (χ1n) is 8.46. The number of amidine groups is 1. The van der Waals surface area contributed by atoms with Crippen LogP contribution < -0.4 is 10.8 Å². The number of hydroxylamine groups is 1. The lowest BCUT2D eigenvalue weighted by atomic mass is 9.89. The quantitative estimate of drug-likeness (QED) is 0.300. The fraction of sp³-hybridized carbons (Fsp3) is 0.471. The number of nitrogens with one attached hydrogen (secondary N) is 2. The maximum Gasteiger partial charge on any atom is 0.203 e. The van der Waals surface area contributed by atoms with Crippen molar-refractivity contribution < 1.29 is 14.2 Å². The predicted molar refractivity (Wildman–Crippen MR) is 110 cm³/mol. The minimum absolute atomic E-state index is 0.103. The van der Waals surface area contributed by atoms with E-state index in [4.69, 9.17) is 9.84 Å². The summed E-state index contributed by atoms with van der Waals surface area (Å²) < 4.78 is 17.1. The van der Waals surface area contributed by atoms with Crippen LogP contribution in [0.3, 0.4) is 0 Å². The summed E-state index contributed by atoms with van der Waals surface area (Å²) in [5, 5.41) is 21.4. The average Bonchev–Trinajstić information content (AvgIpc) is 3.02. The highest BCUT2D eigenvalue weighted by atomic mass is 32.3. The fourth-order valence-corrected chi connectivity index (χ4v) is 7.84. The first-order chi connectivity index (χ1) is 13.0. The Morgan fingerprint density at radius 2 is 2.19 bits per heavy atom. The van der Waals surface area contributed by atoms with Crippen molar-refractivity contribution in [2.75, 3.05) is 35.7 Å². The number of aryl methyl sites for hydroxylation is 2. The monoisotopic (exact) mass is 413 g/mol. The molecule has 1 aliphatic heterocycles. The maximum absolute atomic E-state index is 12.4. The zero-order chi connectivity index (χ0) is 19.4. The topological polar surface area (TPSA) is 95.6 Å². The number of benzene rings is 1. The van der Waals surface area contributed by atoms with Crippen LogP contribution in [0.4, 0.5) is 10.2 Å². The summed E-state index contributed by atoms with van der Waals surface area (Å²) in [7, 11) is 0.975. The van der Waals surface area contributed by atoms with Gasteiger partial charge in [-0.05, 0) is 58.9 Å². The van der Waals surface area contributed by atoms with E-state index in [-0.39, 0.29) is 11.7 Å². The third kappa shape index (κ3) is 4.56. The summed E-state index contributed by atoms with van der Waals surface area (Å²) in [6.45, 7) is 0. The lowest BCUT2D eigenvalue weighted by Gasteiger charge is -2.17. The van der Waals surface area contributed by atoms with E-state index in [0.717, 1.165) is 12.8 Å². The summed E-state index contributed by atoms with van der Waals surface area (Å²) in [4.78, 5) is 3.87. The van der Waals surface area contributed by atoms with Gasteiger partial charge in [0.1, 0.15) is 5.82 Å². The Balaban J connectivity index is 0.000000193. The van der Waals surface area contributed by atoms with Crippen LogP contribution >= 0.6 is 21.8 Å². The summed E-state index contributed by atoms with van der Waals surface area (Å²) >= 11 is 1.87. The molecule has 7 nitrogen and oxygen atoms in total. The number of hydrogen-bond acceptors (Lipinski definition) is 7. The average molecular weight is 414 g/mol. The van der Waals surface area contributed by atoms with Crippen LogP contribution in [0, 0.1) is 5.82 Å². The summed E-state index contributed by atoms with van der Waals surface area (Å²) in [6, 6.07) is 5.02. The van der Waals surface area contributed by atoms with Gasteiger partial charge in [-0.25, -0.2) is 19.0 Å². The molecule has 2 heterocycles. The molecule has 10 heteroatoms. The van der Waals surface area contributed by atoms with Gasteiger partial charge in [0.2, 0.25) is 5.82 Å². The Bertz CT molecular complexity index is 831. The number of nitrogens with zero attached hydrogens (tertiary/aromatic N) is 3. The normalized spacial score (nSPS) is 25.2. The summed E-state index contributed by atoms with van der Waals surface area (Å²) in [5.74, 6) is 1.83. The van der Waals surface area contributed by atoms with Crippen molar-refractivity contribution in [3.8, 4) is 0 Å². The lowest BCUT2D eigenvalue weighted by Crippen LogP contribution is -2.22. The van der Waals surface area contributed by atoms with Crippen LogP contribution in [0.25, 0.3) is 0 Å². The van der Waals surface area contributed by atoms with E-state index in [9.17, 15) is 4.39 Å². The molecule has 1 saturated heterocycles. The molecule has 4 rings (SSSR count). The number of aromatic nitrogens is 2. The van der Waals surface area contributed by atoms with Crippen molar-refractivity contribution in [1.82, 2.24) is 15.8 Å². The van der Waals surface area contributed by atoms with E-state index in [0.29, 0.717) is 16.9 Å². The fourth-order valence-electron chi connectivity index (χ4n) is 2.85. The minimum Gasteiger partial charge on any atom is -0.354 e. The van der Waals surface area contributed by atoms with Gasteiger partial charge in [-0.15, -0.1) is 0 Å². The molecule has 1 fully saturated rings. The SMILES string of the molecule is CN=C(NO)c1nonc1NC1CS1(C)CSC.Fc1ccc2c(c1)CC2. The maximum atomic E-state index is 12.4. The molecule has 0 radical (unpaired) electrons. The molecule has 2 aliphatic rings. The van der Waals surface area contributed by atoms with Crippen LogP contribution in [0.1, 0.15) is 16.8 Å². The van der Waals surface area contributed by atoms with E-state index in [2.05, 4.69) is 33.1 Å². The lowest BCUT2D eigenvalue weighted by molar-refractivity contribution is 0.233. The Hall–Kier alpha value is -1.78. The molecule has 1 aromatic carbocycles. The molecule has 0 bridgehead atoms. The third-order valence-electron chi connectivity index (χ3n) is 4.66. The van der Waals surface area contributed by atoms with Gasteiger partial charge in [0.05, 0.1) is 5.37 Å². The van der Waals surface area contributed by atoms with E-state index < -0.39 is 10.0 Å². The Labute approximate surface area is 163 Å². The molecule has 2 unspecified atom stereocenters. The molecular weight excluding hydrogens is 389 g/mol. The highest BCUT2D eigenvalue weighted by Gasteiger charge is 2.45. The second kappa shape index (κ2) is 8.49. The number of thioether (sulfide) groups is 1. The third-order valence-corrected chi connectivity index (χ3v) is 10.1. The summed E-state index contributed by atoms with van der Waals surface area (Å²) in [6.07, 6.45) is 6.63. The Kier molecular flexibility index (Phi) is 6.28. The molecule has 0 amide bonds. The molecule has 2 aromatic rings. The van der Waals surface area contributed by atoms with Crippen LogP contribution in [0.2, 0.25) is 0 Å². The zero-order valence-corrected chi connectivity index (χ0v) is 17.2. The van der Waals surface area contributed by atoms with Gasteiger partial charge in [0.25, 0.3) is 0 Å². The Morgan fingerprint density at radius 1 is 1.41 bits per heavy atom. The summed E-state index contributed by atoms with van der Waals surface area (Å²) in [5.41, 5.74) is 4.89. The van der Waals surface area contributed by atoms with Crippen molar-refractivity contribution in [1.29, 1.82) is 0 Å². The molecule has 27 heavy (non-hydrogen) atoms. The molecule has 1 aliphatic carbocycles. The van der Waals surface area contributed by atoms with Gasteiger partial charge in [-0.2, -0.15) is 11.8 Å². The van der Waals surface area contributed by atoms with Crippen molar-refractivity contribution in [2.24, 2.45) is 4.99 Å². The second-order valence-corrected chi connectivity index (χ2v) is 11.7. The van der Waals surface area contributed by atoms with E-state index in [1.54, 1.807) is 13.1 Å². The number of anilines is 1. The molecule has 0 spiro atoms. The molecule has 0 saturated carbocycles. The van der Waals surface area contributed by atoms with Gasteiger partial charge >= 0.3 is 0 Å². The van der Waals surface area contributed by atoms with Gasteiger partial charge in [-0.3, -0.25) is 15.7 Å². The van der Waals surface area contributed by atoms with Gasteiger partial charge < -0.3 is 5.32 Å². The molecular formula is C17H24FN5O2S2. The number of halogens is 1. The van der Waals surface area contributed by atoms with Crippen molar-refractivity contribution in [3.05, 3.63) is 40.8 Å². The van der Waals surface area contributed by atoms with E-state index >= 15 is 0 Å².